The maximum Gasteiger partial charge on any atom is 0.335 e. The summed E-state index contributed by atoms with van der Waals surface area (Å²) >= 11 is 5.88. The number of carboxylic acid groups (broad SMARTS) is 1. The molecule has 108 valence electrons. The van der Waals surface area contributed by atoms with Crippen LogP contribution in [-0.4, -0.2) is 48.2 Å². The van der Waals surface area contributed by atoms with Crippen molar-refractivity contribution in [2.75, 3.05) is 31.2 Å². The Labute approximate surface area is 121 Å². The standard InChI is InChI=1S/C13H15ClN2O4/c14-10-7-9(12(17)18)8-11(15-10)16-3-1-13(2-4-16)19-5-6-20-13/h7-8H,1-6H2,(H,17,18). The van der Waals surface area contributed by atoms with Gasteiger partial charge < -0.3 is 19.5 Å². The number of rotatable bonds is 2. The van der Waals surface area contributed by atoms with Crippen LogP contribution in [0.2, 0.25) is 5.15 Å². The van der Waals surface area contributed by atoms with Gasteiger partial charge in [0, 0.05) is 25.9 Å². The molecule has 3 rings (SSSR count). The van der Waals surface area contributed by atoms with Gasteiger partial charge >= 0.3 is 5.97 Å². The van der Waals surface area contributed by atoms with Crippen molar-refractivity contribution in [3.63, 3.8) is 0 Å². The molecule has 3 heterocycles. The highest BCUT2D eigenvalue weighted by atomic mass is 35.5. The van der Waals surface area contributed by atoms with Crippen LogP contribution in [0.4, 0.5) is 5.82 Å². The summed E-state index contributed by atoms with van der Waals surface area (Å²) in [6.45, 7) is 2.68. The lowest BCUT2D eigenvalue weighted by molar-refractivity contribution is -0.169. The van der Waals surface area contributed by atoms with E-state index in [0.717, 1.165) is 12.8 Å². The predicted molar refractivity (Wildman–Crippen MR) is 72.3 cm³/mol. The Morgan fingerprint density at radius 3 is 2.55 bits per heavy atom. The Balaban J connectivity index is 1.76. The molecule has 7 heteroatoms. The van der Waals surface area contributed by atoms with Crippen molar-refractivity contribution < 1.29 is 19.4 Å². The van der Waals surface area contributed by atoms with Crippen LogP contribution in [0.3, 0.4) is 0 Å². The maximum atomic E-state index is 11.0. The molecule has 1 aromatic heterocycles. The average molecular weight is 299 g/mol. The van der Waals surface area contributed by atoms with Crippen molar-refractivity contribution in [3.05, 3.63) is 22.8 Å². The van der Waals surface area contributed by atoms with E-state index in [2.05, 4.69) is 4.98 Å². The first kappa shape index (κ1) is 13.6. The third kappa shape index (κ3) is 2.59. The molecule has 0 unspecified atom stereocenters. The molecule has 0 saturated carbocycles. The van der Waals surface area contributed by atoms with Gasteiger partial charge in [0.15, 0.2) is 5.79 Å². The smallest absolute Gasteiger partial charge is 0.335 e. The molecule has 0 radical (unpaired) electrons. The zero-order valence-corrected chi connectivity index (χ0v) is 11.6. The van der Waals surface area contributed by atoms with Crippen molar-refractivity contribution in [2.24, 2.45) is 0 Å². The number of nitrogens with zero attached hydrogens (tertiary/aromatic N) is 2. The monoisotopic (exact) mass is 298 g/mol. The molecule has 1 spiro atoms. The van der Waals surface area contributed by atoms with Crippen LogP contribution in [0.1, 0.15) is 23.2 Å². The second kappa shape index (κ2) is 5.20. The zero-order valence-electron chi connectivity index (χ0n) is 10.8. The van der Waals surface area contributed by atoms with E-state index in [0.29, 0.717) is 32.1 Å². The Bertz CT molecular complexity index is 521. The van der Waals surface area contributed by atoms with E-state index in [1.807, 2.05) is 4.90 Å². The summed E-state index contributed by atoms with van der Waals surface area (Å²) in [5.41, 5.74) is 0.147. The molecule has 0 amide bonds. The number of piperidine rings is 1. The van der Waals surface area contributed by atoms with Crippen LogP contribution in [0.5, 0.6) is 0 Å². The van der Waals surface area contributed by atoms with Gasteiger partial charge in [-0.2, -0.15) is 0 Å². The van der Waals surface area contributed by atoms with E-state index in [1.165, 1.54) is 6.07 Å². The summed E-state index contributed by atoms with van der Waals surface area (Å²) in [4.78, 5) is 17.3. The zero-order chi connectivity index (χ0) is 14.2. The van der Waals surface area contributed by atoms with Crippen molar-refractivity contribution in [3.8, 4) is 0 Å². The number of hydrogen-bond acceptors (Lipinski definition) is 5. The van der Waals surface area contributed by atoms with E-state index in [9.17, 15) is 4.79 Å². The number of carboxylic acids is 1. The minimum absolute atomic E-state index is 0.147. The number of halogens is 1. The minimum atomic E-state index is -1.01. The number of pyridine rings is 1. The summed E-state index contributed by atoms with van der Waals surface area (Å²) in [5, 5.41) is 9.24. The SMILES string of the molecule is O=C(O)c1cc(Cl)nc(N2CCC3(CC2)OCCO3)c1. The minimum Gasteiger partial charge on any atom is -0.478 e. The van der Waals surface area contributed by atoms with Gasteiger partial charge in [-0.1, -0.05) is 11.6 Å². The Morgan fingerprint density at radius 2 is 1.95 bits per heavy atom. The van der Waals surface area contributed by atoms with Crippen molar-refractivity contribution in [1.82, 2.24) is 4.98 Å². The number of ether oxygens (including phenoxy) is 2. The van der Waals surface area contributed by atoms with Gasteiger partial charge in [0.2, 0.25) is 0 Å². The lowest BCUT2D eigenvalue weighted by Crippen LogP contribution is -2.45. The van der Waals surface area contributed by atoms with Gasteiger partial charge in [0.05, 0.1) is 18.8 Å². The second-order valence-corrected chi connectivity index (χ2v) is 5.32. The van der Waals surface area contributed by atoms with Crippen LogP contribution in [-0.2, 0) is 9.47 Å². The summed E-state index contributed by atoms with van der Waals surface area (Å²) in [6.07, 6.45) is 1.48. The molecular weight excluding hydrogens is 284 g/mol. The molecule has 2 saturated heterocycles. The largest absolute Gasteiger partial charge is 0.478 e. The lowest BCUT2D eigenvalue weighted by atomic mass is 10.0. The first-order chi connectivity index (χ1) is 9.58. The molecule has 20 heavy (non-hydrogen) atoms. The van der Waals surface area contributed by atoms with E-state index in [-0.39, 0.29) is 10.7 Å². The summed E-state index contributed by atoms with van der Waals surface area (Å²) < 4.78 is 11.3. The molecule has 2 fully saturated rings. The Morgan fingerprint density at radius 1 is 1.30 bits per heavy atom. The topological polar surface area (TPSA) is 71.9 Å². The highest BCUT2D eigenvalue weighted by molar-refractivity contribution is 6.29. The van der Waals surface area contributed by atoms with Gasteiger partial charge in [-0.05, 0) is 12.1 Å². The van der Waals surface area contributed by atoms with Gasteiger partial charge in [0.1, 0.15) is 11.0 Å². The van der Waals surface area contributed by atoms with Crippen molar-refractivity contribution >= 4 is 23.4 Å². The fourth-order valence-electron chi connectivity index (χ4n) is 2.63. The summed E-state index contributed by atoms with van der Waals surface area (Å²) in [5.74, 6) is -0.876. The molecule has 0 bridgehead atoms. The van der Waals surface area contributed by atoms with Crippen LogP contribution >= 0.6 is 11.6 Å². The molecule has 2 aliphatic rings. The lowest BCUT2D eigenvalue weighted by Gasteiger charge is -2.38. The molecule has 0 aromatic carbocycles. The molecule has 1 aromatic rings. The highest BCUT2D eigenvalue weighted by Gasteiger charge is 2.40. The van der Waals surface area contributed by atoms with Crippen LogP contribution < -0.4 is 4.90 Å². The number of carbonyl (C=O) groups is 1. The number of aromatic carboxylic acids is 1. The molecule has 0 atom stereocenters. The fourth-order valence-corrected chi connectivity index (χ4v) is 2.83. The van der Waals surface area contributed by atoms with E-state index in [1.54, 1.807) is 6.07 Å². The second-order valence-electron chi connectivity index (χ2n) is 4.94. The number of aromatic nitrogens is 1. The fraction of sp³-hybridized carbons (Fsp3) is 0.538. The number of anilines is 1. The third-order valence-corrected chi connectivity index (χ3v) is 3.88. The van der Waals surface area contributed by atoms with Crippen LogP contribution in [0.25, 0.3) is 0 Å². The average Bonchev–Trinajstić information content (AvgIpc) is 2.87. The van der Waals surface area contributed by atoms with Gasteiger partial charge in [-0.25, -0.2) is 9.78 Å². The van der Waals surface area contributed by atoms with Crippen molar-refractivity contribution in [2.45, 2.75) is 18.6 Å². The Hall–Kier alpha value is -1.37. The van der Waals surface area contributed by atoms with Gasteiger partial charge in [-0.3, -0.25) is 0 Å². The van der Waals surface area contributed by atoms with E-state index in [4.69, 9.17) is 26.2 Å². The van der Waals surface area contributed by atoms with E-state index >= 15 is 0 Å². The normalized spacial score (nSPS) is 21.4. The van der Waals surface area contributed by atoms with Gasteiger partial charge in [-0.15, -0.1) is 0 Å². The summed E-state index contributed by atoms with van der Waals surface area (Å²) in [6, 6.07) is 2.89. The molecule has 0 aliphatic carbocycles. The molecular formula is C13H15ClN2O4. The van der Waals surface area contributed by atoms with Crippen molar-refractivity contribution in [1.29, 1.82) is 0 Å². The van der Waals surface area contributed by atoms with E-state index < -0.39 is 11.8 Å². The highest BCUT2D eigenvalue weighted by Crippen LogP contribution is 2.33. The quantitative estimate of drug-likeness (QED) is 0.839. The molecule has 6 nitrogen and oxygen atoms in total. The molecule has 1 N–H and O–H groups in total. The predicted octanol–water partition coefficient (Wildman–Crippen LogP) is 1.78. The first-order valence-corrected chi connectivity index (χ1v) is 6.90. The third-order valence-electron chi connectivity index (χ3n) is 3.69. The first-order valence-electron chi connectivity index (χ1n) is 6.52. The van der Waals surface area contributed by atoms with Gasteiger partial charge in [0.25, 0.3) is 0 Å². The number of hydrogen-bond donors (Lipinski definition) is 1. The van der Waals surface area contributed by atoms with Crippen LogP contribution in [0, 0.1) is 0 Å². The van der Waals surface area contributed by atoms with Crippen LogP contribution in [0.15, 0.2) is 12.1 Å². The molecule has 2 aliphatic heterocycles. The summed E-state index contributed by atoms with van der Waals surface area (Å²) in [7, 11) is 0. The Kier molecular flexibility index (Phi) is 3.54. The maximum absolute atomic E-state index is 11.0.